The topological polar surface area (TPSA) is 69.3 Å². The molecular formula is C23H26N4O2S. The van der Waals surface area contributed by atoms with Gasteiger partial charge in [0.25, 0.3) is 5.91 Å². The number of rotatable bonds is 5. The number of thiophene rings is 1. The summed E-state index contributed by atoms with van der Waals surface area (Å²) in [6.45, 7) is 6.00. The molecule has 0 spiro atoms. The molecule has 0 aliphatic carbocycles. The normalized spacial score (nSPS) is 17.3. The van der Waals surface area contributed by atoms with Gasteiger partial charge in [0, 0.05) is 36.8 Å². The van der Waals surface area contributed by atoms with E-state index in [0.717, 1.165) is 11.3 Å². The monoisotopic (exact) mass is 422 g/mol. The standard InChI is InChI=1S/C23H26N4O2S/c1-3-26-10-11-27(23(29)20-14-24-25-16(20)2)15-19(22(26)28)13-17-6-8-18(9-7-17)21-5-4-12-30-21/h4-9,12,14,19H,3,10-11,13,15H2,1-2H3,(H,24,25)/t19-/m1/s1. The van der Waals surface area contributed by atoms with Gasteiger partial charge in [0.1, 0.15) is 0 Å². The molecule has 30 heavy (non-hydrogen) atoms. The third-order valence-electron chi connectivity index (χ3n) is 5.71. The lowest BCUT2D eigenvalue weighted by Gasteiger charge is -2.23. The van der Waals surface area contributed by atoms with Crippen molar-refractivity contribution in [1.82, 2.24) is 20.0 Å². The zero-order valence-electron chi connectivity index (χ0n) is 17.3. The molecule has 3 heterocycles. The Morgan fingerprint density at radius 2 is 2.03 bits per heavy atom. The van der Waals surface area contributed by atoms with E-state index in [-0.39, 0.29) is 17.7 Å². The lowest BCUT2D eigenvalue weighted by atomic mass is 9.96. The van der Waals surface area contributed by atoms with Gasteiger partial charge in [-0.15, -0.1) is 11.3 Å². The second-order valence-electron chi connectivity index (χ2n) is 7.65. The highest BCUT2D eigenvalue weighted by Crippen LogP contribution is 2.26. The van der Waals surface area contributed by atoms with Crippen LogP contribution in [0.2, 0.25) is 0 Å². The summed E-state index contributed by atoms with van der Waals surface area (Å²) in [5.74, 6) is -0.194. The summed E-state index contributed by atoms with van der Waals surface area (Å²) in [5.41, 5.74) is 3.62. The van der Waals surface area contributed by atoms with E-state index in [2.05, 4.69) is 45.9 Å². The van der Waals surface area contributed by atoms with Gasteiger partial charge in [-0.2, -0.15) is 5.10 Å². The molecule has 156 valence electrons. The van der Waals surface area contributed by atoms with Crippen molar-refractivity contribution in [3.63, 3.8) is 0 Å². The molecule has 1 atom stereocenters. The second kappa shape index (κ2) is 8.83. The van der Waals surface area contributed by atoms with Crippen molar-refractivity contribution in [2.24, 2.45) is 5.92 Å². The van der Waals surface area contributed by atoms with E-state index in [0.29, 0.717) is 38.2 Å². The quantitative estimate of drug-likeness (QED) is 0.683. The highest BCUT2D eigenvalue weighted by molar-refractivity contribution is 7.13. The Kier molecular flexibility index (Phi) is 5.99. The minimum atomic E-state index is -0.254. The first-order valence-electron chi connectivity index (χ1n) is 10.3. The SMILES string of the molecule is CCN1CCN(C(=O)c2cn[nH]c2C)C[C@@H](Cc2ccc(-c3cccs3)cc2)C1=O. The zero-order valence-corrected chi connectivity index (χ0v) is 18.1. The number of H-pyrrole nitrogens is 1. The van der Waals surface area contributed by atoms with Gasteiger partial charge >= 0.3 is 0 Å². The Labute approximate surface area is 180 Å². The highest BCUT2D eigenvalue weighted by Gasteiger charge is 2.32. The van der Waals surface area contributed by atoms with Crippen LogP contribution in [0.15, 0.2) is 48.0 Å². The van der Waals surface area contributed by atoms with Gasteiger partial charge in [-0.3, -0.25) is 14.7 Å². The van der Waals surface area contributed by atoms with Crippen LogP contribution in [0.4, 0.5) is 0 Å². The summed E-state index contributed by atoms with van der Waals surface area (Å²) in [5, 5.41) is 8.87. The lowest BCUT2D eigenvalue weighted by Crippen LogP contribution is -2.38. The van der Waals surface area contributed by atoms with Crippen LogP contribution in [0, 0.1) is 12.8 Å². The van der Waals surface area contributed by atoms with E-state index in [1.54, 1.807) is 22.4 Å². The molecule has 0 unspecified atom stereocenters. The Hall–Kier alpha value is -2.93. The summed E-state index contributed by atoms with van der Waals surface area (Å²) in [6.07, 6.45) is 2.19. The van der Waals surface area contributed by atoms with Crippen LogP contribution in [0.25, 0.3) is 10.4 Å². The molecule has 3 aromatic rings. The van der Waals surface area contributed by atoms with Crippen molar-refractivity contribution in [3.05, 3.63) is 64.8 Å². The summed E-state index contributed by atoms with van der Waals surface area (Å²) in [7, 11) is 0. The summed E-state index contributed by atoms with van der Waals surface area (Å²) < 4.78 is 0. The number of hydrogen-bond donors (Lipinski definition) is 1. The first-order chi connectivity index (χ1) is 14.6. The Bertz CT molecular complexity index is 1010. The van der Waals surface area contributed by atoms with Crippen molar-refractivity contribution in [2.45, 2.75) is 20.3 Å². The van der Waals surface area contributed by atoms with E-state index >= 15 is 0 Å². The molecule has 6 nitrogen and oxygen atoms in total. The summed E-state index contributed by atoms with van der Waals surface area (Å²) in [6, 6.07) is 12.6. The van der Waals surface area contributed by atoms with Gasteiger partial charge in [-0.05, 0) is 42.8 Å². The average Bonchev–Trinajstić information content (AvgIpc) is 3.41. The van der Waals surface area contributed by atoms with E-state index in [1.807, 2.05) is 24.8 Å². The molecule has 1 saturated heterocycles. The number of nitrogens with one attached hydrogen (secondary N) is 1. The molecule has 1 N–H and O–H groups in total. The van der Waals surface area contributed by atoms with Crippen molar-refractivity contribution >= 4 is 23.2 Å². The van der Waals surface area contributed by atoms with Crippen molar-refractivity contribution in [2.75, 3.05) is 26.2 Å². The minimum absolute atomic E-state index is 0.0648. The molecule has 0 bridgehead atoms. The minimum Gasteiger partial charge on any atom is -0.341 e. The molecule has 0 radical (unpaired) electrons. The highest BCUT2D eigenvalue weighted by atomic mass is 32.1. The first-order valence-corrected chi connectivity index (χ1v) is 11.2. The molecule has 1 fully saturated rings. The second-order valence-corrected chi connectivity index (χ2v) is 8.60. The van der Waals surface area contributed by atoms with E-state index in [1.165, 1.54) is 10.4 Å². The van der Waals surface area contributed by atoms with E-state index < -0.39 is 0 Å². The number of benzene rings is 1. The van der Waals surface area contributed by atoms with Crippen LogP contribution in [0.3, 0.4) is 0 Å². The van der Waals surface area contributed by atoms with E-state index in [4.69, 9.17) is 0 Å². The van der Waals surface area contributed by atoms with Crippen molar-refractivity contribution < 1.29 is 9.59 Å². The van der Waals surface area contributed by atoms with Gasteiger partial charge in [0.15, 0.2) is 0 Å². The number of carbonyl (C=O) groups excluding carboxylic acids is 2. The van der Waals surface area contributed by atoms with Crippen LogP contribution < -0.4 is 0 Å². The smallest absolute Gasteiger partial charge is 0.257 e. The van der Waals surface area contributed by atoms with Crippen LogP contribution in [-0.2, 0) is 11.2 Å². The number of aromatic nitrogens is 2. The summed E-state index contributed by atoms with van der Waals surface area (Å²) >= 11 is 1.71. The maximum atomic E-state index is 13.1. The largest absolute Gasteiger partial charge is 0.341 e. The lowest BCUT2D eigenvalue weighted by molar-refractivity contribution is -0.134. The predicted molar refractivity (Wildman–Crippen MR) is 118 cm³/mol. The number of amides is 2. The van der Waals surface area contributed by atoms with Crippen LogP contribution in [0.5, 0.6) is 0 Å². The average molecular weight is 423 g/mol. The van der Waals surface area contributed by atoms with Crippen LogP contribution in [-0.4, -0.2) is 58.0 Å². The number of aromatic amines is 1. The number of likely N-dealkylation sites (N-methyl/N-ethyl adjacent to an activating group) is 1. The van der Waals surface area contributed by atoms with Gasteiger partial charge in [-0.1, -0.05) is 30.3 Å². The van der Waals surface area contributed by atoms with Gasteiger partial charge in [-0.25, -0.2) is 0 Å². The maximum absolute atomic E-state index is 13.1. The van der Waals surface area contributed by atoms with Crippen molar-refractivity contribution in [3.8, 4) is 10.4 Å². The third kappa shape index (κ3) is 4.16. The molecule has 2 amide bonds. The molecule has 7 heteroatoms. The fourth-order valence-electron chi connectivity index (χ4n) is 3.96. The maximum Gasteiger partial charge on any atom is 0.257 e. The Balaban J connectivity index is 1.54. The van der Waals surface area contributed by atoms with E-state index in [9.17, 15) is 9.59 Å². The fourth-order valence-corrected chi connectivity index (χ4v) is 4.70. The summed E-state index contributed by atoms with van der Waals surface area (Å²) in [4.78, 5) is 31.1. The molecule has 2 aromatic heterocycles. The molecule has 0 saturated carbocycles. The number of carbonyl (C=O) groups is 2. The van der Waals surface area contributed by atoms with Crippen molar-refractivity contribution in [1.29, 1.82) is 0 Å². The molecule has 1 aliphatic rings. The third-order valence-corrected chi connectivity index (χ3v) is 6.63. The van der Waals surface area contributed by atoms with Gasteiger partial charge < -0.3 is 9.80 Å². The Morgan fingerprint density at radius 1 is 1.23 bits per heavy atom. The fraction of sp³-hybridized carbons (Fsp3) is 0.348. The first kappa shape index (κ1) is 20.3. The molecule has 1 aliphatic heterocycles. The molecule has 1 aromatic carbocycles. The Morgan fingerprint density at radius 3 is 2.67 bits per heavy atom. The van der Waals surface area contributed by atoms with Crippen LogP contribution in [0.1, 0.15) is 28.5 Å². The number of aryl methyl sites for hydroxylation is 1. The number of nitrogens with zero attached hydrogens (tertiary/aromatic N) is 3. The number of hydrogen-bond acceptors (Lipinski definition) is 4. The molecule has 4 rings (SSSR count). The van der Waals surface area contributed by atoms with Crippen LogP contribution >= 0.6 is 11.3 Å². The zero-order chi connectivity index (χ0) is 21.1. The predicted octanol–water partition coefficient (Wildman–Crippen LogP) is 3.61. The molecular weight excluding hydrogens is 396 g/mol. The van der Waals surface area contributed by atoms with Gasteiger partial charge in [0.2, 0.25) is 5.91 Å². The van der Waals surface area contributed by atoms with Gasteiger partial charge in [0.05, 0.1) is 17.7 Å².